The van der Waals surface area contributed by atoms with Crippen LogP contribution in [0.3, 0.4) is 0 Å². The van der Waals surface area contributed by atoms with Gasteiger partial charge in [-0.1, -0.05) is 20.8 Å². The molecule has 14 heavy (non-hydrogen) atoms. The molecule has 0 saturated carbocycles. The third-order valence-electron chi connectivity index (χ3n) is 2.02. The molecular formula is C11H21NOS. The molecular weight excluding hydrogens is 194 g/mol. The number of allylic oxidation sites excluding steroid dienone is 1. The lowest BCUT2D eigenvalue weighted by Crippen LogP contribution is -2.30. The highest BCUT2D eigenvalue weighted by atomic mass is 32.2. The lowest BCUT2D eigenvalue weighted by Gasteiger charge is -2.24. The molecule has 82 valence electrons. The van der Waals surface area contributed by atoms with E-state index >= 15 is 0 Å². The molecule has 0 aromatic carbocycles. The molecule has 0 spiro atoms. The summed E-state index contributed by atoms with van der Waals surface area (Å²) in [6.07, 6.45) is 4.38. The van der Waals surface area contributed by atoms with Gasteiger partial charge in [-0.2, -0.15) is 11.8 Å². The molecule has 0 fully saturated rings. The molecule has 0 saturated heterocycles. The summed E-state index contributed by atoms with van der Waals surface area (Å²) in [4.78, 5) is 0. The Bertz CT molecular complexity index is 208. The van der Waals surface area contributed by atoms with Crippen LogP contribution < -0.4 is 5.73 Å². The molecule has 0 radical (unpaired) electrons. The van der Waals surface area contributed by atoms with Crippen molar-refractivity contribution in [1.82, 2.24) is 0 Å². The largest absolute Gasteiger partial charge is 0.497 e. The second-order valence-corrected chi connectivity index (χ2v) is 6.47. The van der Waals surface area contributed by atoms with Gasteiger partial charge in [0.2, 0.25) is 0 Å². The van der Waals surface area contributed by atoms with E-state index in [9.17, 15) is 0 Å². The molecule has 0 aliphatic carbocycles. The van der Waals surface area contributed by atoms with Crippen molar-refractivity contribution >= 4 is 11.8 Å². The quantitative estimate of drug-likeness (QED) is 0.786. The number of hydrogen-bond donors (Lipinski definition) is 1. The van der Waals surface area contributed by atoms with Gasteiger partial charge in [0, 0.05) is 10.5 Å². The fourth-order valence-corrected chi connectivity index (χ4v) is 2.10. The van der Waals surface area contributed by atoms with Gasteiger partial charge in [-0.05, 0) is 18.9 Å². The zero-order valence-corrected chi connectivity index (χ0v) is 10.2. The van der Waals surface area contributed by atoms with Crippen molar-refractivity contribution in [1.29, 1.82) is 0 Å². The summed E-state index contributed by atoms with van der Waals surface area (Å²) >= 11 is 1.89. The highest BCUT2D eigenvalue weighted by Crippen LogP contribution is 2.25. The predicted molar refractivity (Wildman–Crippen MR) is 63.5 cm³/mol. The molecule has 2 N–H and O–H groups in total. The standard InChI is InChI=1S/C11H21NOS/c1-11(2,3)14-8-9(12)10-6-4-5-7-13-10/h6,9H,4-5,7-8,12H2,1-3H3. The van der Waals surface area contributed by atoms with Crippen LogP contribution in [-0.4, -0.2) is 23.1 Å². The Balaban J connectivity index is 2.34. The van der Waals surface area contributed by atoms with Gasteiger partial charge in [0.05, 0.1) is 12.6 Å². The maximum Gasteiger partial charge on any atom is 0.110 e. The highest BCUT2D eigenvalue weighted by Gasteiger charge is 2.17. The zero-order chi connectivity index (χ0) is 10.6. The topological polar surface area (TPSA) is 35.2 Å². The Morgan fingerprint density at radius 1 is 1.57 bits per heavy atom. The minimum Gasteiger partial charge on any atom is -0.497 e. The summed E-state index contributed by atoms with van der Waals surface area (Å²) in [5.74, 6) is 1.93. The zero-order valence-electron chi connectivity index (χ0n) is 9.38. The number of nitrogens with two attached hydrogens (primary N) is 1. The lowest BCUT2D eigenvalue weighted by molar-refractivity contribution is 0.179. The minimum absolute atomic E-state index is 0.0690. The Kier molecular flexibility index (Phi) is 4.32. The van der Waals surface area contributed by atoms with Crippen molar-refractivity contribution in [3.8, 4) is 0 Å². The molecule has 0 bridgehead atoms. The van der Waals surface area contributed by atoms with Gasteiger partial charge in [0.1, 0.15) is 5.76 Å². The van der Waals surface area contributed by atoms with E-state index in [-0.39, 0.29) is 10.8 Å². The highest BCUT2D eigenvalue weighted by molar-refractivity contribution is 8.00. The smallest absolute Gasteiger partial charge is 0.110 e. The summed E-state index contributed by atoms with van der Waals surface area (Å²) < 4.78 is 5.81. The average Bonchev–Trinajstić information content (AvgIpc) is 2.14. The van der Waals surface area contributed by atoms with Crippen molar-refractivity contribution in [2.45, 2.75) is 44.4 Å². The maximum atomic E-state index is 6.04. The molecule has 0 aromatic heterocycles. The normalized spacial score (nSPS) is 19.9. The third-order valence-corrected chi connectivity index (χ3v) is 3.42. The van der Waals surface area contributed by atoms with E-state index in [1.54, 1.807) is 0 Å². The first-order chi connectivity index (χ1) is 6.49. The van der Waals surface area contributed by atoms with Gasteiger partial charge in [0.15, 0.2) is 0 Å². The van der Waals surface area contributed by atoms with E-state index in [0.29, 0.717) is 0 Å². The average molecular weight is 215 g/mol. The van der Waals surface area contributed by atoms with Crippen molar-refractivity contribution in [2.24, 2.45) is 5.73 Å². The molecule has 1 rings (SSSR count). The SMILES string of the molecule is CC(C)(C)SCC(N)C1=CCCCO1. The molecule has 0 aromatic rings. The van der Waals surface area contributed by atoms with Gasteiger partial charge < -0.3 is 10.5 Å². The molecule has 2 nitrogen and oxygen atoms in total. The van der Waals surface area contributed by atoms with Gasteiger partial charge in [-0.3, -0.25) is 0 Å². The summed E-state index contributed by atoms with van der Waals surface area (Å²) in [5, 5.41) is 0. The Morgan fingerprint density at radius 2 is 2.29 bits per heavy atom. The Labute approximate surface area is 91.3 Å². The summed E-state index contributed by atoms with van der Waals surface area (Å²) in [7, 11) is 0. The van der Waals surface area contributed by atoms with E-state index in [1.807, 2.05) is 11.8 Å². The Morgan fingerprint density at radius 3 is 2.79 bits per heavy atom. The minimum atomic E-state index is 0.0690. The van der Waals surface area contributed by atoms with E-state index in [1.165, 1.54) is 0 Å². The predicted octanol–water partition coefficient (Wildman–Crippen LogP) is 2.54. The molecule has 3 heteroatoms. The van der Waals surface area contributed by atoms with Gasteiger partial charge in [-0.15, -0.1) is 0 Å². The van der Waals surface area contributed by atoms with Crippen LogP contribution in [0.2, 0.25) is 0 Å². The number of thioether (sulfide) groups is 1. The summed E-state index contributed by atoms with van der Waals surface area (Å²) in [6.45, 7) is 7.46. The molecule has 1 unspecified atom stereocenters. The lowest BCUT2D eigenvalue weighted by atomic mass is 10.2. The van der Waals surface area contributed by atoms with Crippen LogP contribution >= 0.6 is 11.8 Å². The van der Waals surface area contributed by atoms with Crippen LogP contribution in [0, 0.1) is 0 Å². The van der Waals surface area contributed by atoms with Gasteiger partial charge in [-0.25, -0.2) is 0 Å². The van der Waals surface area contributed by atoms with E-state index in [4.69, 9.17) is 10.5 Å². The molecule has 1 aliphatic rings. The fourth-order valence-electron chi connectivity index (χ4n) is 1.26. The number of hydrogen-bond acceptors (Lipinski definition) is 3. The van der Waals surface area contributed by atoms with Crippen molar-refractivity contribution < 1.29 is 4.74 Å². The van der Waals surface area contributed by atoms with Crippen molar-refractivity contribution in [3.63, 3.8) is 0 Å². The van der Waals surface area contributed by atoms with Crippen LogP contribution in [0.5, 0.6) is 0 Å². The Hall–Kier alpha value is -0.150. The van der Waals surface area contributed by atoms with Gasteiger partial charge >= 0.3 is 0 Å². The van der Waals surface area contributed by atoms with Crippen LogP contribution in [-0.2, 0) is 4.74 Å². The second-order valence-electron chi connectivity index (χ2n) is 4.63. The van der Waals surface area contributed by atoms with E-state index < -0.39 is 0 Å². The molecule has 1 atom stereocenters. The van der Waals surface area contributed by atoms with Crippen molar-refractivity contribution in [3.05, 3.63) is 11.8 Å². The molecule has 1 heterocycles. The third kappa shape index (κ3) is 4.38. The van der Waals surface area contributed by atoms with Crippen LogP contribution in [0.25, 0.3) is 0 Å². The van der Waals surface area contributed by atoms with Crippen LogP contribution in [0.15, 0.2) is 11.8 Å². The maximum absolute atomic E-state index is 6.04. The first kappa shape index (κ1) is 11.9. The molecule has 0 amide bonds. The fraction of sp³-hybridized carbons (Fsp3) is 0.818. The summed E-state index contributed by atoms with van der Waals surface area (Å²) in [6, 6.07) is 0.0690. The van der Waals surface area contributed by atoms with E-state index in [0.717, 1.165) is 31.0 Å². The van der Waals surface area contributed by atoms with E-state index in [2.05, 4.69) is 26.8 Å². The van der Waals surface area contributed by atoms with Gasteiger partial charge in [0.25, 0.3) is 0 Å². The number of rotatable bonds is 3. The van der Waals surface area contributed by atoms with Crippen LogP contribution in [0.4, 0.5) is 0 Å². The first-order valence-corrected chi connectivity index (χ1v) is 6.20. The molecule has 1 aliphatic heterocycles. The number of ether oxygens (including phenoxy) is 1. The second kappa shape index (κ2) is 5.08. The van der Waals surface area contributed by atoms with Crippen LogP contribution in [0.1, 0.15) is 33.6 Å². The summed E-state index contributed by atoms with van der Waals surface area (Å²) in [5.41, 5.74) is 6.04. The first-order valence-electron chi connectivity index (χ1n) is 5.21. The van der Waals surface area contributed by atoms with Crippen molar-refractivity contribution in [2.75, 3.05) is 12.4 Å². The monoisotopic (exact) mass is 215 g/mol.